The van der Waals surface area contributed by atoms with Crippen molar-refractivity contribution in [2.24, 2.45) is 0 Å². The van der Waals surface area contributed by atoms with E-state index in [-0.39, 0.29) is 12.1 Å². The predicted octanol–water partition coefficient (Wildman–Crippen LogP) is 4.24. The molecule has 0 aliphatic heterocycles. The van der Waals surface area contributed by atoms with Crippen LogP contribution < -0.4 is 10.1 Å². The summed E-state index contributed by atoms with van der Waals surface area (Å²) in [5.41, 5.74) is 1.10. The van der Waals surface area contributed by atoms with Gasteiger partial charge in [-0.15, -0.1) is 11.3 Å². The van der Waals surface area contributed by atoms with Crippen molar-refractivity contribution in [2.45, 2.75) is 19.5 Å². The third-order valence-corrected chi connectivity index (χ3v) is 5.41. The number of nitrogens with one attached hydrogen (secondary N) is 1. The largest absolute Gasteiger partial charge is 0.497 e. The summed E-state index contributed by atoms with van der Waals surface area (Å²) >= 11 is 7.48. The highest BCUT2D eigenvalue weighted by Gasteiger charge is 2.18. The number of thiophene rings is 1. The highest BCUT2D eigenvalue weighted by molar-refractivity contribution is 7.16. The van der Waals surface area contributed by atoms with Gasteiger partial charge in [-0.25, -0.2) is 4.79 Å². The maximum Gasteiger partial charge on any atom is 0.317 e. The quantitative estimate of drug-likeness (QED) is 0.726. The number of methoxy groups -OCH3 is 1. The molecule has 1 aromatic carbocycles. The fraction of sp³-hybridized carbons (Fsp3) is 0.421. The van der Waals surface area contributed by atoms with E-state index in [1.807, 2.05) is 57.4 Å². The van der Waals surface area contributed by atoms with Crippen LogP contribution >= 0.6 is 22.9 Å². The second-order valence-corrected chi connectivity index (χ2v) is 7.96. The Bertz CT molecular complexity index is 720. The summed E-state index contributed by atoms with van der Waals surface area (Å²) in [4.78, 5) is 17.5. The van der Waals surface area contributed by atoms with Crippen molar-refractivity contribution in [1.29, 1.82) is 0 Å². The molecule has 1 heterocycles. The lowest BCUT2D eigenvalue weighted by Crippen LogP contribution is -2.42. The molecule has 0 aliphatic rings. The Morgan fingerprint density at radius 3 is 2.65 bits per heavy atom. The molecule has 0 aliphatic carbocycles. The van der Waals surface area contributed by atoms with E-state index in [0.717, 1.165) is 20.5 Å². The molecule has 2 aromatic rings. The predicted molar refractivity (Wildman–Crippen MR) is 108 cm³/mol. The van der Waals surface area contributed by atoms with Gasteiger partial charge in [0, 0.05) is 18.0 Å². The van der Waals surface area contributed by atoms with Crippen molar-refractivity contribution in [3.63, 3.8) is 0 Å². The molecule has 1 N–H and O–H groups in total. The summed E-state index contributed by atoms with van der Waals surface area (Å²) in [7, 11) is 5.66. The van der Waals surface area contributed by atoms with Crippen molar-refractivity contribution in [3.8, 4) is 5.75 Å². The Hall–Kier alpha value is -1.76. The molecule has 0 saturated carbocycles. The maximum atomic E-state index is 12.6. The van der Waals surface area contributed by atoms with Gasteiger partial charge >= 0.3 is 6.03 Å². The highest BCUT2D eigenvalue weighted by Crippen LogP contribution is 2.24. The monoisotopic (exact) mass is 395 g/mol. The normalized spacial score (nSPS) is 12.1. The van der Waals surface area contributed by atoms with Crippen LogP contribution in [0.1, 0.15) is 23.4 Å². The number of hydrogen-bond donors (Lipinski definition) is 1. The standard InChI is InChI=1S/C19H26ClN3O2S/c1-5-23(13-16-9-10-18(20)26-16)19(24)21-12-17(22(2)3)14-7-6-8-15(11-14)25-4/h6-11,17H,5,12-13H2,1-4H3,(H,21,24). The summed E-state index contributed by atoms with van der Waals surface area (Å²) in [5.74, 6) is 0.811. The average molecular weight is 396 g/mol. The minimum Gasteiger partial charge on any atom is -0.497 e. The van der Waals surface area contributed by atoms with Crippen LogP contribution in [-0.4, -0.2) is 50.1 Å². The van der Waals surface area contributed by atoms with Gasteiger partial charge < -0.3 is 19.9 Å². The lowest BCUT2D eigenvalue weighted by molar-refractivity contribution is 0.193. The molecule has 5 nitrogen and oxygen atoms in total. The number of halogens is 1. The number of likely N-dealkylation sites (N-methyl/N-ethyl adjacent to an activating group) is 1. The number of rotatable bonds is 8. The molecule has 2 amide bonds. The number of hydrogen-bond acceptors (Lipinski definition) is 4. The fourth-order valence-electron chi connectivity index (χ4n) is 2.70. The maximum absolute atomic E-state index is 12.6. The van der Waals surface area contributed by atoms with Gasteiger partial charge in [-0.1, -0.05) is 23.7 Å². The lowest BCUT2D eigenvalue weighted by Gasteiger charge is -2.27. The summed E-state index contributed by atoms with van der Waals surface area (Å²) in [6.07, 6.45) is 0. The molecule has 1 aromatic heterocycles. The zero-order valence-electron chi connectivity index (χ0n) is 15.7. The SMILES string of the molecule is CCN(Cc1ccc(Cl)s1)C(=O)NCC(c1cccc(OC)c1)N(C)C. The summed E-state index contributed by atoms with van der Waals surface area (Å²) in [5, 5.41) is 3.05. The smallest absolute Gasteiger partial charge is 0.317 e. The Labute approximate surface area is 164 Å². The highest BCUT2D eigenvalue weighted by atomic mass is 35.5. The van der Waals surface area contributed by atoms with Crippen LogP contribution in [0.2, 0.25) is 4.34 Å². The number of nitrogens with zero attached hydrogens (tertiary/aromatic N) is 2. The first-order valence-corrected chi connectivity index (χ1v) is 9.71. The van der Waals surface area contributed by atoms with Gasteiger partial charge in [0.25, 0.3) is 0 Å². The Morgan fingerprint density at radius 1 is 1.31 bits per heavy atom. The minimum atomic E-state index is -0.0771. The van der Waals surface area contributed by atoms with Crippen LogP contribution in [0.4, 0.5) is 4.79 Å². The number of carbonyl (C=O) groups is 1. The molecule has 0 saturated heterocycles. The van der Waals surface area contributed by atoms with E-state index in [0.29, 0.717) is 19.6 Å². The molecular formula is C19H26ClN3O2S. The number of carbonyl (C=O) groups excluding carboxylic acids is 1. The summed E-state index contributed by atoms with van der Waals surface area (Å²) in [6.45, 7) is 3.68. The van der Waals surface area contributed by atoms with Crippen LogP contribution in [0, 0.1) is 0 Å². The van der Waals surface area contributed by atoms with E-state index in [2.05, 4.69) is 10.2 Å². The molecule has 2 rings (SSSR count). The van der Waals surface area contributed by atoms with E-state index in [1.165, 1.54) is 11.3 Å². The third-order valence-electron chi connectivity index (χ3n) is 4.19. The molecule has 0 spiro atoms. The second kappa shape index (κ2) is 9.80. The molecular weight excluding hydrogens is 370 g/mol. The third kappa shape index (κ3) is 5.62. The van der Waals surface area contributed by atoms with Gasteiger partial charge in [0.2, 0.25) is 0 Å². The van der Waals surface area contributed by atoms with Crippen molar-refractivity contribution in [2.75, 3.05) is 34.3 Å². The number of ether oxygens (including phenoxy) is 1. The molecule has 26 heavy (non-hydrogen) atoms. The van der Waals surface area contributed by atoms with Crippen LogP contribution in [-0.2, 0) is 6.54 Å². The molecule has 142 valence electrons. The van der Waals surface area contributed by atoms with Crippen molar-refractivity contribution in [3.05, 3.63) is 51.2 Å². The van der Waals surface area contributed by atoms with Crippen molar-refractivity contribution in [1.82, 2.24) is 15.1 Å². The Kier molecular flexibility index (Phi) is 7.75. The summed E-state index contributed by atoms with van der Waals surface area (Å²) < 4.78 is 6.05. The average Bonchev–Trinajstić information content (AvgIpc) is 3.04. The van der Waals surface area contributed by atoms with E-state index < -0.39 is 0 Å². The van der Waals surface area contributed by atoms with Crippen molar-refractivity contribution >= 4 is 29.0 Å². The number of benzene rings is 1. The number of urea groups is 1. The van der Waals surface area contributed by atoms with Gasteiger partial charge in [-0.2, -0.15) is 0 Å². The minimum absolute atomic E-state index is 0.0592. The Morgan fingerprint density at radius 2 is 2.08 bits per heavy atom. The van der Waals surface area contributed by atoms with E-state index in [4.69, 9.17) is 16.3 Å². The van der Waals surface area contributed by atoms with Crippen LogP contribution in [0.5, 0.6) is 5.75 Å². The van der Waals surface area contributed by atoms with Gasteiger partial charge in [-0.3, -0.25) is 0 Å². The Balaban J connectivity index is 2.01. The zero-order valence-corrected chi connectivity index (χ0v) is 17.2. The fourth-order valence-corrected chi connectivity index (χ4v) is 3.80. The first kappa shape index (κ1) is 20.6. The van der Waals surface area contributed by atoms with Crippen LogP contribution in [0.25, 0.3) is 0 Å². The van der Waals surface area contributed by atoms with Crippen LogP contribution in [0.3, 0.4) is 0 Å². The first-order chi connectivity index (χ1) is 12.4. The van der Waals surface area contributed by atoms with Gasteiger partial charge in [0.05, 0.1) is 24.0 Å². The molecule has 1 atom stereocenters. The topological polar surface area (TPSA) is 44.8 Å². The molecule has 0 fully saturated rings. The molecule has 0 radical (unpaired) electrons. The van der Waals surface area contributed by atoms with E-state index in [9.17, 15) is 4.79 Å². The van der Waals surface area contributed by atoms with E-state index >= 15 is 0 Å². The lowest BCUT2D eigenvalue weighted by atomic mass is 10.1. The van der Waals surface area contributed by atoms with Crippen LogP contribution in [0.15, 0.2) is 36.4 Å². The van der Waals surface area contributed by atoms with E-state index in [1.54, 1.807) is 12.0 Å². The molecule has 1 unspecified atom stereocenters. The first-order valence-electron chi connectivity index (χ1n) is 8.52. The summed E-state index contributed by atoms with van der Waals surface area (Å²) in [6, 6.07) is 11.7. The molecule has 0 bridgehead atoms. The van der Waals surface area contributed by atoms with Gasteiger partial charge in [-0.05, 0) is 50.8 Å². The number of amides is 2. The van der Waals surface area contributed by atoms with Gasteiger partial charge in [0.1, 0.15) is 5.75 Å². The molecule has 7 heteroatoms. The van der Waals surface area contributed by atoms with Gasteiger partial charge in [0.15, 0.2) is 0 Å². The van der Waals surface area contributed by atoms with Crippen molar-refractivity contribution < 1.29 is 9.53 Å². The second-order valence-electron chi connectivity index (χ2n) is 6.16. The zero-order chi connectivity index (χ0) is 19.1.